The van der Waals surface area contributed by atoms with Crippen LogP contribution in [-0.2, 0) is 11.2 Å². The minimum atomic E-state index is -0.266. The molecule has 0 spiro atoms. The SMILES string of the molecule is COCOc1cccnc1Cc1ccc(Br)cc1F. The highest BCUT2D eigenvalue weighted by Gasteiger charge is 2.09. The number of nitrogens with zero attached hydrogens (tertiary/aromatic N) is 1. The van der Waals surface area contributed by atoms with E-state index >= 15 is 0 Å². The monoisotopic (exact) mass is 325 g/mol. The molecule has 0 bridgehead atoms. The van der Waals surface area contributed by atoms with Gasteiger partial charge in [-0.3, -0.25) is 4.98 Å². The molecule has 0 amide bonds. The molecule has 19 heavy (non-hydrogen) atoms. The summed E-state index contributed by atoms with van der Waals surface area (Å²) in [6.07, 6.45) is 2.03. The molecule has 2 aromatic rings. The number of hydrogen-bond acceptors (Lipinski definition) is 3. The Labute approximate surface area is 119 Å². The fourth-order valence-corrected chi connectivity index (χ4v) is 1.99. The molecule has 0 N–H and O–H groups in total. The van der Waals surface area contributed by atoms with Crippen LogP contribution in [0.4, 0.5) is 4.39 Å². The Morgan fingerprint density at radius 1 is 1.32 bits per heavy atom. The van der Waals surface area contributed by atoms with Gasteiger partial charge in [0.15, 0.2) is 6.79 Å². The summed E-state index contributed by atoms with van der Waals surface area (Å²) in [5, 5.41) is 0. The van der Waals surface area contributed by atoms with Crippen LogP contribution in [0.2, 0.25) is 0 Å². The largest absolute Gasteiger partial charge is 0.466 e. The smallest absolute Gasteiger partial charge is 0.188 e. The fourth-order valence-electron chi connectivity index (χ4n) is 1.66. The third kappa shape index (κ3) is 3.75. The van der Waals surface area contributed by atoms with Gasteiger partial charge >= 0.3 is 0 Å². The molecule has 100 valence electrons. The highest BCUT2D eigenvalue weighted by molar-refractivity contribution is 9.10. The van der Waals surface area contributed by atoms with Gasteiger partial charge in [0.2, 0.25) is 0 Å². The Kier molecular flexibility index (Phi) is 4.87. The lowest BCUT2D eigenvalue weighted by Gasteiger charge is -2.10. The molecule has 1 aromatic carbocycles. The lowest BCUT2D eigenvalue weighted by atomic mass is 10.1. The zero-order chi connectivity index (χ0) is 13.7. The molecular weight excluding hydrogens is 313 g/mol. The minimum absolute atomic E-state index is 0.140. The molecule has 0 unspecified atom stereocenters. The van der Waals surface area contributed by atoms with Crippen LogP contribution in [0.3, 0.4) is 0 Å². The maximum Gasteiger partial charge on any atom is 0.188 e. The molecule has 0 aliphatic rings. The van der Waals surface area contributed by atoms with Crippen LogP contribution in [0.15, 0.2) is 41.0 Å². The summed E-state index contributed by atoms with van der Waals surface area (Å²) in [4.78, 5) is 4.23. The van der Waals surface area contributed by atoms with Crippen molar-refractivity contribution >= 4 is 15.9 Å². The number of halogens is 2. The molecule has 1 aromatic heterocycles. The van der Waals surface area contributed by atoms with Gasteiger partial charge in [-0.25, -0.2) is 4.39 Å². The van der Waals surface area contributed by atoms with Crippen molar-refractivity contribution in [2.45, 2.75) is 6.42 Å². The van der Waals surface area contributed by atoms with Crippen LogP contribution in [0.1, 0.15) is 11.3 Å². The number of ether oxygens (including phenoxy) is 2. The van der Waals surface area contributed by atoms with Crippen molar-refractivity contribution in [1.82, 2.24) is 4.98 Å². The zero-order valence-corrected chi connectivity index (χ0v) is 12.0. The van der Waals surface area contributed by atoms with E-state index in [2.05, 4.69) is 20.9 Å². The summed E-state index contributed by atoms with van der Waals surface area (Å²) in [7, 11) is 1.55. The standard InChI is InChI=1S/C14H13BrFNO2/c1-18-9-19-14-3-2-6-17-13(14)7-10-4-5-11(15)8-12(10)16/h2-6,8H,7,9H2,1H3. The van der Waals surface area contributed by atoms with Crippen molar-refractivity contribution in [2.24, 2.45) is 0 Å². The summed E-state index contributed by atoms with van der Waals surface area (Å²) in [5.41, 5.74) is 1.25. The van der Waals surface area contributed by atoms with E-state index in [1.807, 2.05) is 0 Å². The highest BCUT2D eigenvalue weighted by atomic mass is 79.9. The molecule has 0 saturated heterocycles. The predicted molar refractivity (Wildman–Crippen MR) is 73.6 cm³/mol. The average Bonchev–Trinajstić information content (AvgIpc) is 2.41. The van der Waals surface area contributed by atoms with Crippen LogP contribution in [-0.4, -0.2) is 18.9 Å². The third-order valence-corrected chi connectivity index (χ3v) is 3.05. The van der Waals surface area contributed by atoms with Crippen LogP contribution < -0.4 is 4.74 Å². The molecular formula is C14H13BrFNO2. The second kappa shape index (κ2) is 6.63. The van der Waals surface area contributed by atoms with Crippen LogP contribution in [0.5, 0.6) is 5.75 Å². The molecule has 0 radical (unpaired) electrons. The summed E-state index contributed by atoms with van der Waals surface area (Å²) >= 11 is 3.23. The van der Waals surface area contributed by atoms with Crippen molar-refractivity contribution in [3.8, 4) is 5.75 Å². The van der Waals surface area contributed by atoms with Crippen molar-refractivity contribution < 1.29 is 13.9 Å². The van der Waals surface area contributed by atoms with E-state index < -0.39 is 0 Å². The van der Waals surface area contributed by atoms with Gasteiger partial charge in [-0.15, -0.1) is 0 Å². The quantitative estimate of drug-likeness (QED) is 0.788. The normalized spacial score (nSPS) is 10.5. The van der Waals surface area contributed by atoms with Crippen LogP contribution in [0.25, 0.3) is 0 Å². The molecule has 3 nitrogen and oxygen atoms in total. The van der Waals surface area contributed by atoms with E-state index in [1.54, 1.807) is 37.6 Å². The van der Waals surface area contributed by atoms with E-state index in [0.717, 1.165) is 0 Å². The first-order chi connectivity index (χ1) is 9.20. The lowest BCUT2D eigenvalue weighted by Crippen LogP contribution is -2.04. The topological polar surface area (TPSA) is 31.4 Å². The van der Waals surface area contributed by atoms with Gasteiger partial charge in [0, 0.05) is 24.2 Å². The Bertz CT molecular complexity index is 563. The number of hydrogen-bond donors (Lipinski definition) is 0. The second-order valence-corrected chi connectivity index (χ2v) is 4.83. The van der Waals surface area contributed by atoms with Gasteiger partial charge in [0.25, 0.3) is 0 Å². The highest BCUT2D eigenvalue weighted by Crippen LogP contribution is 2.22. The number of aromatic nitrogens is 1. The van der Waals surface area contributed by atoms with Crippen LogP contribution >= 0.6 is 15.9 Å². The first-order valence-corrected chi connectivity index (χ1v) is 6.49. The fraction of sp³-hybridized carbons (Fsp3) is 0.214. The van der Waals surface area contributed by atoms with E-state index in [0.29, 0.717) is 27.9 Å². The van der Waals surface area contributed by atoms with Gasteiger partial charge in [-0.2, -0.15) is 0 Å². The molecule has 1 heterocycles. The third-order valence-electron chi connectivity index (χ3n) is 2.55. The first kappa shape index (κ1) is 14.0. The summed E-state index contributed by atoms with van der Waals surface area (Å²) in [6.45, 7) is 0.140. The van der Waals surface area contributed by atoms with Gasteiger partial charge < -0.3 is 9.47 Å². The molecule has 0 saturated carbocycles. The average molecular weight is 326 g/mol. The number of pyridine rings is 1. The minimum Gasteiger partial charge on any atom is -0.466 e. The molecule has 5 heteroatoms. The molecule has 0 aliphatic carbocycles. The predicted octanol–water partition coefficient (Wildman–Crippen LogP) is 3.56. The Balaban J connectivity index is 2.22. The number of rotatable bonds is 5. The first-order valence-electron chi connectivity index (χ1n) is 5.70. The molecule has 0 atom stereocenters. The van der Waals surface area contributed by atoms with Crippen molar-refractivity contribution in [2.75, 3.05) is 13.9 Å². The second-order valence-electron chi connectivity index (χ2n) is 3.91. The maximum atomic E-state index is 13.8. The Morgan fingerprint density at radius 3 is 2.89 bits per heavy atom. The van der Waals surface area contributed by atoms with E-state index in [1.165, 1.54) is 6.07 Å². The lowest BCUT2D eigenvalue weighted by molar-refractivity contribution is 0.0502. The maximum absolute atomic E-state index is 13.8. The van der Waals surface area contributed by atoms with Gasteiger partial charge in [-0.05, 0) is 29.8 Å². The summed E-state index contributed by atoms with van der Waals surface area (Å²) in [6, 6.07) is 8.53. The van der Waals surface area contributed by atoms with E-state index in [9.17, 15) is 4.39 Å². The van der Waals surface area contributed by atoms with Gasteiger partial charge in [0.05, 0.1) is 5.69 Å². The molecule has 0 aliphatic heterocycles. The van der Waals surface area contributed by atoms with Crippen molar-refractivity contribution in [3.63, 3.8) is 0 Å². The van der Waals surface area contributed by atoms with Gasteiger partial charge in [-0.1, -0.05) is 22.0 Å². The van der Waals surface area contributed by atoms with Crippen molar-refractivity contribution in [3.05, 3.63) is 58.1 Å². The summed E-state index contributed by atoms with van der Waals surface area (Å²) in [5.74, 6) is 0.337. The molecule has 0 fully saturated rings. The number of benzene rings is 1. The molecule has 2 rings (SSSR count). The Hall–Kier alpha value is -1.46. The van der Waals surface area contributed by atoms with E-state index in [4.69, 9.17) is 9.47 Å². The van der Waals surface area contributed by atoms with Crippen molar-refractivity contribution in [1.29, 1.82) is 0 Å². The Morgan fingerprint density at radius 2 is 2.16 bits per heavy atom. The van der Waals surface area contributed by atoms with Crippen LogP contribution in [0, 0.1) is 5.82 Å². The number of methoxy groups -OCH3 is 1. The zero-order valence-electron chi connectivity index (χ0n) is 10.4. The van der Waals surface area contributed by atoms with E-state index in [-0.39, 0.29) is 12.6 Å². The summed E-state index contributed by atoms with van der Waals surface area (Å²) < 4.78 is 24.8. The van der Waals surface area contributed by atoms with Gasteiger partial charge in [0.1, 0.15) is 11.6 Å².